The van der Waals surface area contributed by atoms with Crippen LogP contribution in [0.15, 0.2) is 0 Å². The molecule has 0 spiro atoms. The van der Waals surface area contributed by atoms with Gasteiger partial charge in [0.05, 0.1) is 25.4 Å². The first-order chi connectivity index (χ1) is 13.8. The van der Waals surface area contributed by atoms with Gasteiger partial charge in [-0.3, -0.25) is 0 Å². The van der Waals surface area contributed by atoms with Crippen molar-refractivity contribution in [2.24, 2.45) is 0 Å². The maximum absolute atomic E-state index is 6.59. The Hall–Kier alpha value is -0.0800. The topological polar surface area (TPSA) is 21.8 Å². The lowest BCUT2D eigenvalue weighted by molar-refractivity contribution is -0.0308. The molecule has 1 aliphatic heterocycles. The first-order valence-electron chi connectivity index (χ1n) is 13.0. The maximum atomic E-state index is 6.59. The number of rotatable bonds is 20. The largest absolute Gasteiger partial charge is 0.377 e. The lowest BCUT2D eigenvalue weighted by atomic mass is 10.0. The minimum absolute atomic E-state index is 0.521. The van der Waals surface area contributed by atoms with Crippen LogP contribution in [0.4, 0.5) is 0 Å². The summed E-state index contributed by atoms with van der Waals surface area (Å²) in [6.45, 7) is 11.2. The van der Waals surface area contributed by atoms with E-state index in [4.69, 9.17) is 4.74 Å². The molecular formula is C26H54O2. The molecule has 0 amide bonds. The van der Waals surface area contributed by atoms with Crippen molar-refractivity contribution in [3.8, 4) is 0 Å². The van der Waals surface area contributed by atoms with Crippen molar-refractivity contribution in [1.82, 2.24) is 0 Å². The number of epoxide rings is 1. The zero-order chi connectivity index (χ0) is 20.7. The molecule has 0 aromatic rings. The summed E-state index contributed by atoms with van der Waals surface area (Å²) in [5, 5.41) is 0. The summed E-state index contributed by atoms with van der Waals surface area (Å²) in [5.74, 6) is 0. The predicted molar refractivity (Wildman–Crippen MR) is 125 cm³/mol. The molecule has 0 aromatic carbocycles. The first-order valence-corrected chi connectivity index (χ1v) is 13.0. The average Bonchev–Trinajstić information content (AvgIpc) is 3.56. The van der Waals surface area contributed by atoms with Gasteiger partial charge in [0.15, 0.2) is 0 Å². The minimum Gasteiger partial charge on any atom is -0.377 e. The van der Waals surface area contributed by atoms with E-state index in [1.165, 1.54) is 116 Å². The molecule has 1 rings (SSSR count). The molecule has 1 saturated heterocycles. The van der Waals surface area contributed by atoms with Gasteiger partial charge in [-0.15, -0.1) is 0 Å². The average molecular weight is 399 g/mol. The van der Waals surface area contributed by atoms with Crippen LogP contribution in [0.1, 0.15) is 143 Å². The summed E-state index contributed by atoms with van der Waals surface area (Å²) in [5.41, 5.74) is 0. The highest BCUT2D eigenvalue weighted by atomic mass is 16.6. The lowest BCUT2D eigenvalue weighted by Gasteiger charge is -2.25. The number of hydrogen-bond acceptors (Lipinski definition) is 2. The standard InChI is InChI=1S/C24H50O.C2H4O/c1-5-9-11-13-15-17-21-23(19-7-3)25-24(20-8-4)22-18-16-14-12-10-6-2;1-2-3-1/h23-24H,5-22H2,1-4H3;1-2H2. The molecule has 170 valence electrons. The van der Waals surface area contributed by atoms with Crippen molar-refractivity contribution in [2.45, 2.75) is 155 Å². The highest BCUT2D eigenvalue weighted by Gasteiger charge is 2.15. The molecule has 2 nitrogen and oxygen atoms in total. The molecule has 1 fully saturated rings. The third kappa shape index (κ3) is 22.2. The monoisotopic (exact) mass is 398 g/mol. The highest BCUT2D eigenvalue weighted by Crippen LogP contribution is 2.21. The van der Waals surface area contributed by atoms with E-state index in [0.29, 0.717) is 12.2 Å². The van der Waals surface area contributed by atoms with E-state index in [-0.39, 0.29) is 0 Å². The molecule has 0 N–H and O–H groups in total. The van der Waals surface area contributed by atoms with Gasteiger partial charge in [0.1, 0.15) is 0 Å². The fraction of sp³-hybridized carbons (Fsp3) is 1.00. The van der Waals surface area contributed by atoms with Crippen LogP contribution in [-0.2, 0) is 9.47 Å². The summed E-state index contributed by atoms with van der Waals surface area (Å²) in [6, 6.07) is 0. The van der Waals surface area contributed by atoms with Crippen LogP contribution in [0, 0.1) is 0 Å². The Balaban J connectivity index is 0.00000219. The van der Waals surface area contributed by atoms with Gasteiger partial charge in [-0.1, -0.05) is 118 Å². The Morgan fingerprint density at radius 2 is 0.857 bits per heavy atom. The second-order valence-electron chi connectivity index (χ2n) is 8.68. The van der Waals surface area contributed by atoms with Crippen LogP contribution in [0.5, 0.6) is 0 Å². The summed E-state index contributed by atoms with van der Waals surface area (Å²) >= 11 is 0. The van der Waals surface area contributed by atoms with Crippen LogP contribution >= 0.6 is 0 Å². The van der Waals surface area contributed by atoms with E-state index in [9.17, 15) is 0 Å². The molecule has 0 aromatic heterocycles. The van der Waals surface area contributed by atoms with Crippen molar-refractivity contribution in [2.75, 3.05) is 13.2 Å². The highest BCUT2D eigenvalue weighted by molar-refractivity contribution is 4.65. The fourth-order valence-corrected chi connectivity index (χ4v) is 3.78. The van der Waals surface area contributed by atoms with Gasteiger partial charge in [0.25, 0.3) is 0 Å². The summed E-state index contributed by atoms with van der Waals surface area (Å²) in [7, 11) is 0. The molecule has 2 heteroatoms. The van der Waals surface area contributed by atoms with E-state index in [0.717, 1.165) is 13.2 Å². The van der Waals surface area contributed by atoms with Crippen LogP contribution in [-0.4, -0.2) is 25.4 Å². The summed E-state index contributed by atoms with van der Waals surface area (Å²) < 4.78 is 11.1. The lowest BCUT2D eigenvalue weighted by Crippen LogP contribution is -2.22. The van der Waals surface area contributed by atoms with E-state index >= 15 is 0 Å². The molecular weight excluding hydrogens is 344 g/mol. The number of ether oxygens (including phenoxy) is 2. The van der Waals surface area contributed by atoms with Crippen LogP contribution in [0.3, 0.4) is 0 Å². The van der Waals surface area contributed by atoms with Crippen LogP contribution in [0.25, 0.3) is 0 Å². The Morgan fingerprint density at radius 3 is 1.18 bits per heavy atom. The zero-order valence-electron chi connectivity index (χ0n) is 20.1. The van der Waals surface area contributed by atoms with Crippen molar-refractivity contribution in [3.63, 3.8) is 0 Å². The quantitative estimate of drug-likeness (QED) is 0.151. The molecule has 1 aliphatic rings. The van der Waals surface area contributed by atoms with Gasteiger partial charge >= 0.3 is 0 Å². The molecule has 0 bridgehead atoms. The van der Waals surface area contributed by atoms with Gasteiger partial charge in [0.2, 0.25) is 0 Å². The summed E-state index contributed by atoms with van der Waals surface area (Å²) in [4.78, 5) is 0. The van der Waals surface area contributed by atoms with Gasteiger partial charge < -0.3 is 9.47 Å². The second kappa shape index (κ2) is 23.2. The maximum Gasteiger partial charge on any atom is 0.0701 e. The van der Waals surface area contributed by atoms with E-state index < -0.39 is 0 Å². The first kappa shape index (κ1) is 27.9. The zero-order valence-corrected chi connectivity index (χ0v) is 20.1. The van der Waals surface area contributed by atoms with Gasteiger partial charge in [-0.05, 0) is 25.7 Å². The minimum atomic E-state index is 0.521. The van der Waals surface area contributed by atoms with Gasteiger partial charge in [-0.2, -0.15) is 0 Å². The van der Waals surface area contributed by atoms with Crippen molar-refractivity contribution < 1.29 is 9.47 Å². The van der Waals surface area contributed by atoms with Crippen molar-refractivity contribution in [1.29, 1.82) is 0 Å². The predicted octanol–water partition coefficient (Wildman–Crippen LogP) is 8.86. The number of unbranched alkanes of at least 4 members (excludes halogenated alkanes) is 10. The Morgan fingerprint density at radius 1 is 0.500 bits per heavy atom. The van der Waals surface area contributed by atoms with E-state index in [2.05, 4.69) is 32.4 Å². The molecule has 2 unspecified atom stereocenters. The summed E-state index contributed by atoms with van der Waals surface area (Å²) in [6.07, 6.45) is 25.4. The van der Waals surface area contributed by atoms with Crippen molar-refractivity contribution in [3.05, 3.63) is 0 Å². The molecule has 0 aliphatic carbocycles. The Labute approximate surface area is 178 Å². The SMILES string of the molecule is C1CO1.CCCCCCCCC(CCC)OC(CCC)CCCCCCCC. The third-order valence-corrected chi connectivity index (χ3v) is 5.57. The van der Waals surface area contributed by atoms with Crippen molar-refractivity contribution >= 4 is 0 Å². The second-order valence-corrected chi connectivity index (χ2v) is 8.68. The smallest absolute Gasteiger partial charge is 0.0701 e. The van der Waals surface area contributed by atoms with E-state index in [1.54, 1.807) is 0 Å². The molecule has 1 heterocycles. The Kier molecular flexibility index (Phi) is 23.1. The van der Waals surface area contributed by atoms with Gasteiger partial charge in [-0.25, -0.2) is 0 Å². The van der Waals surface area contributed by atoms with E-state index in [1.807, 2.05) is 0 Å². The van der Waals surface area contributed by atoms with Crippen LogP contribution in [0.2, 0.25) is 0 Å². The Bertz CT molecular complexity index is 251. The number of hydrogen-bond donors (Lipinski definition) is 0. The fourth-order valence-electron chi connectivity index (χ4n) is 3.78. The molecule has 2 atom stereocenters. The van der Waals surface area contributed by atoms with Crippen LogP contribution < -0.4 is 0 Å². The van der Waals surface area contributed by atoms with Gasteiger partial charge in [0, 0.05) is 0 Å². The molecule has 0 radical (unpaired) electrons. The third-order valence-electron chi connectivity index (χ3n) is 5.57. The molecule has 0 saturated carbocycles. The molecule has 28 heavy (non-hydrogen) atoms. The normalized spacial score (nSPS) is 15.0.